The summed E-state index contributed by atoms with van der Waals surface area (Å²) in [5.74, 6) is 0.346. The fourth-order valence-corrected chi connectivity index (χ4v) is 5.39. The number of amides is 2. The number of piperidine rings is 2. The largest absolute Gasteiger partial charge is 0.355 e. The van der Waals surface area contributed by atoms with Gasteiger partial charge < -0.3 is 15.1 Å². The van der Waals surface area contributed by atoms with Crippen LogP contribution < -0.4 is 5.32 Å². The van der Waals surface area contributed by atoms with Crippen molar-refractivity contribution in [2.45, 2.75) is 50.6 Å². The zero-order valence-electron chi connectivity index (χ0n) is 16.3. The molecule has 2 amide bonds. The van der Waals surface area contributed by atoms with E-state index in [1.165, 1.54) is 45.2 Å². The normalized spacial score (nSPS) is 31.6. The molecule has 3 aliphatic heterocycles. The average molecular weight is 370 g/mol. The van der Waals surface area contributed by atoms with E-state index in [2.05, 4.69) is 10.2 Å². The Morgan fingerprint density at radius 3 is 2.70 bits per heavy atom. The lowest BCUT2D eigenvalue weighted by Crippen LogP contribution is -2.51. The molecule has 3 aliphatic rings. The SMILES string of the molecule is CN1C(=O)C[C@H](C(=O)NC[C@@H]2CCCN3CCCC[C@H]23)[C@@H]1c1ccccc1. The lowest BCUT2D eigenvalue weighted by molar-refractivity contribution is -0.128. The number of rotatable bonds is 4. The Kier molecular flexibility index (Phi) is 5.48. The van der Waals surface area contributed by atoms with E-state index >= 15 is 0 Å². The van der Waals surface area contributed by atoms with Gasteiger partial charge in [-0.25, -0.2) is 0 Å². The number of benzene rings is 1. The topological polar surface area (TPSA) is 52.7 Å². The van der Waals surface area contributed by atoms with Crippen LogP contribution in [0.25, 0.3) is 0 Å². The Morgan fingerprint density at radius 2 is 1.89 bits per heavy atom. The molecular weight excluding hydrogens is 338 g/mol. The van der Waals surface area contributed by atoms with Crippen molar-refractivity contribution in [3.05, 3.63) is 35.9 Å². The third-order valence-corrected chi connectivity index (χ3v) is 6.83. The minimum absolute atomic E-state index is 0.0366. The van der Waals surface area contributed by atoms with Crippen LogP contribution in [0.3, 0.4) is 0 Å². The van der Waals surface area contributed by atoms with Crippen molar-refractivity contribution in [3.63, 3.8) is 0 Å². The molecule has 0 bridgehead atoms. The van der Waals surface area contributed by atoms with Gasteiger partial charge in [-0.3, -0.25) is 9.59 Å². The average Bonchev–Trinajstić information content (AvgIpc) is 3.01. The maximum Gasteiger partial charge on any atom is 0.226 e. The molecule has 4 atom stereocenters. The van der Waals surface area contributed by atoms with Gasteiger partial charge in [0.15, 0.2) is 0 Å². The first-order valence-corrected chi connectivity index (χ1v) is 10.5. The van der Waals surface area contributed by atoms with Gasteiger partial charge in [-0.05, 0) is 50.3 Å². The van der Waals surface area contributed by atoms with Crippen molar-refractivity contribution in [2.75, 3.05) is 26.7 Å². The second kappa shape index (κ2) is 8.01. The van der Waals surface area contributed by atoms with Crippen LogP contribution in [0.2, 0.25) is 0 Å². The molecule has 4 rings (SSSR count). The van der Waals surface area contributed by atoms with Gasteiger partial charge in [-0.15, -0.1) is 0 Å². The van der Waals surface area contributed by atoms with E-state index in [-0.39, 0.29) is 23.8 Å². The number of fused-ring (bicyclic) bond motifs is 1. The van der Waals surface area contributed by atoms with Crippen molar-refractivity contribution in [2.24, 2.45) is 11.8 Å². The van der Waals surface area contributed by atoms with Gasteiger partial charge >= 0.3 is 0 Å². The molecule has 146 valence electrons. The van der Waals surface area contributed by atoms with Gasteiger partial charge in [0.1, 0.15) is 0 Å². The fourth-order valence-electron chi connectivity index (χ4n) is 5.39. The van der Waals surface area contributed by atoms with E-state index in [9.17, 15) is 9.59 Å². The summed E-state index contributed by atoms with van der Waals surface area (Å²) in [4.78, 5) is 29.7. The summed E-state index contributed by atoms with van der Waals surface area (Å²) >= 11 is 0. The monoisotopic (exact) mass is 369 g/mol. The predicted molar refractivity (Wildman–Crippen MR) is 105 cm³/mol. The van der Waals surface area contributed by atoms with Crippen LogP contribution in [0.5, 0.6) is 0 Å². The van der Waals surface area contributed by atoms with Crippen LogP contribution >= 0.6 is 0 Å². The number of hydrogen-bond donors (Lipinski definition) is 1. The van der Waals surface area contributed by atoms with Crippen LogP contribution in [-0.2, 0) is 9.59 Å². The van der Waals surface area contributed by atoms with E-state index in [0.29, 0.717) is 18.4 Å². The molecule has 0 spiro atoms. The highest BCUT2D eigenvalue weighted by atomic mass is 16.2. The second-order valence-electron chi connectivity index (χ2n) is 8.42. The first-order valence-electron chi connectivity index (χ1n) is 10.5. The molecule has 3 fully saturated rings. The fraction of sp³-hybridized carbons (Fsp3) is 0.636. The van der Waals surface area contributed by atoms with Gasteiger partial charge in [0.25, 0.3) is 0 Å². The molecule has 1 N–H and O–H groups in total. The highest BCUT2D eigenvalue weighted by molar-refractivity contribution is 5.90. The standard InChI is InChI=1S/C22H31N3O2/c1-24-20(26)14-18(21(24)16-8-3-2-4-9-16)22(27)23-15-17-10-7-13-25-12-6-5-11-19(17)25/h2-4,8-9,17-19,21H,5-7,10-15H2,1H3,(H,23,27)/t17-,18-,19+,21-/m0/s1. The molecule has 0 radical (unpaired) electrons. The maximum absolute atomic E-state index is 13.0. The molecule has 3 saturated heterocycles. The molecular formula is C22H31N3O2. The summed E-state index contributed by atoms with van der Waals surface area (Å²) in [6.45, 7) is 3.18. The Morgan fingerprint density at radius 1 is 1.11 bits per heavy atom. The number of hydrogen-bond acceptors (Lipinski definition) is 3. The van der Waals surface area contributed by atoms with Crippen LogP contribution in [0.15, 0.2) is 30.3 Å². The first kappa shape index (κ1) is 18.5. The Labute approximate surface area is 162 Å². The van der Waals surface area contributed by atoms with Gasteiger partial charge in [0.2, 0.25) is 11.8 Å². The molecule has 0 unspecified atom stereocenters. The van der Waals surface area contributed by atoms with E-state index < -0.39 is 0 Å². The second-order valence-corrected chi connectivity index (χ2v) is 8.42. The van der Waals surface area contributed by atoms with Crippen LogP contribution in [0.4, 0.5) is 0 Å². The van der Waals surface area contributed by atoms with Gasteiger partial charge in [-0.2, -0.15) is 0 Å². The summed E-state index contributed by atoms with van der Waals surface area (Å²) < 4.78 is 0. The zero-order valence-corrected chi connectivity index (χ0v) is 16.3. The highest BCUT2D eigenvalue weighted by Gasteiger charge is 2.43. The molecule has 0 aliphatic carbocycles. The zero-order chi connectivity index (χ0) is 18.8. The lowest BCUT2D eigenvalue weighted by Gasteiger charge is -2.44. The van der Waals surface area contributed by atoms with E-state index in [4.69, 9.17) is 0 Å². The molecule has 1 aromatic carbocycles. The Hall–Kier alpha value is -1.88. The smallest absolute Gasteiger partial charge is 0.226 e. The van der Waals surface area contributed by atoms with Crippen LogP contribution in [-0.4, -0.2) is 54.3 Å². The maximum atomic E-state index is 13.0. The van der Waals surface area contributed by atoms with Gasteiger partial charge in [0.05, 0.1) is 12.0 Å². The van der Waals surface area contributed by atoms with Crippen molar-refractivity contribution < 1.29 is 9.59 Å². The molecule has 27 heavy (non-hydrogen) atoms. The summed E-state index contributed by atoms with van der Waals surface area (Å²) in [7, 11) is 1.81. The van der Waals surface area contributed by atoms with E-state index in [1.54, 1.807) is 4.90 Å². The van der Waals surface area contributed by atoms with Crippen molar-refractivity contribution in [3.8, 4) is 0 Å². The number of likely N-dealkylation sites (tertiary alicyclic amines) is 1. The van der Waals surface area contributed by atoms with Gasteiger partial charge in [-0.1, -0.05) is 36.8 Å². The molecule has 5 nitrogen and oxygen atoms in total. The minimum atomic E-state index is -0.295. The third kappa shape index (κ3) is 3.75. The van der Waals surface area contributed by atoms with Gasteiger partial charge in [0, 0.05) is 26.1 Å². The summed E-state index contributed by atoms with van der Waals surface area (Å²) in [6, 6.07) is 10.4. The highest BCUT2D eigenvalue weighted by Crippen LogP contribution is 2.37. The molecule has 0 saturated carbocycles. The van der Waals surface area contributed by atoms with E-state index in [0.717, 1.165) is 12.1 Å². The number of nitrogens with one attached hydrogen (secondary N) is 1. The lowest BCUT2D eigenvalue weighted by atomic mass is 9.83. The molecule has 1 aromatic rings. The van der Waals surface area contributed by atoms with Crippen molar-refractivity contribution >= 4 is 11.8 Å². The Balaban J connectivity index is 1.42. The summed E-state index contributed by atoms with van der Waals surface area (Å²) in [5, 5.41) is 3.22. The first-order chi connectivity index (χ1) is 13.1. The summed E-state index contributed by atoms with van der Waals surface area (Å²) in [6.07, 6.45) is 6.62. The Bertz CT molecular complexity index is 675. The summed E-state index contributed by atoms with van der Waals surface area (Å²) in [5.41, 5.74) is 1.04. The molecule has 5 heteroatoms. The molecule has 0 aromatic heterocycles. The number of carbonyl (C=O) groups is 2. The third-order valence-electron chi connectivity index (χ3n) is 6.83. The molecule has 3 heterocycles. The van der Waals surface area contributed by atoms with Crippen LogP contribution in [0.1, 0.15) is 50.1 Å². The van der Waals surface area contributed by atoms with Crippen LogP contribution in [0, 0.1) is 11.8 Å². The quantitative estimate of drug-likeness (QED) is 0.888. The number of carbonyl (C=O) groups excluding carboxylic acids is 2. The van der Waals surface area contributed by atoms with Crippen molar-refractivity contribution in [1.82, 2.24) is 15.1 Å². The number of nitrogens with zero attached hydrogens (tertiary/aromatic N) is 2. The predicted octanol–water partition coefficient (Wildman–Crippen LogP) is 2.59. The van der Waals surface area contributed by atoms with Crippen molar-refractivity contribution in [1.29, 1.82) is 0 Å². The minimum Gasteiger partial charge on any atom is -0.355 e. The van der Waals surface area contributed by atoms with E-state index in [1.807, 2.05) is 37.4 Å².